The molecule has 0 aliphatic carbocycles. The van der Waals surface area contributed by atoms with Gasteiger partial charge < -0.3 is 5.73 Å². The van der Waals surface area contributed by atoms with Gasteiger partial charge in [0.15, 0.2) is 0 Å². The summed E-state index contributed by atoms with van der Waals surface area (Å²) in [7, 11) is -2.87. The third-order valence-corrected chi connectivity index (χ3v) is 5.66. The molecule has 3 aromatic rings. The topological polar surface area (TPSA) is 95.7 Å². The number of halogens is 3. The minimum absolute atomic E-state index is 0.260. The Morgan fingerprint density at radius 3 is 2.15 bits per heavy atom. The van der Waals surface area contributed by atoms with Crippen molar-refractivity contribution in [2.24, 2.45) is 0 Å². The lowest BCUT2D eigenvalue weighted by atomic mass is 10.1. The van der Waals surface area contributed by atoms with Crippen LogP contribution in [-0.4, -0.2) is 20.0 Å². The Labute approximate surface area is 171 Å². The van der Waals surface area contributed by atoms with Gasteiger partial charge in [-0.3, -0.25) is 15.0 Å². The Balaban J connectivity index is 2.16. The zero-order chi connectivity index (χ0) is 19.9. The molecule has 0 unspecified atom stereocenters. The highest BCUT2D eigenvalue weighted by atomic mass is 35.5. The Kier molecular flexibility index (Phi) is 5.33. The molecule has 0 atom stereocenters. The van der Waals surface area contributed by atoms with Crippen molar-refractivity contribution in [2.45, 2.75) is 4.90 Å². The first kappa shape index (κ1) is 19.9. The first-order chi connectivity index (χ1) is 12.6. The minimum atomic E-state index is -4.48. The van der Waals surface area contributed by atoms with Gasteiger partial charge in [0.25, 0.3) is 10.1 Å². The molecule has 0 amide bonds. The molecular formula is C17H14Cl3N3O3S. The van der Waals surface area contributed by atoms with Crippen LogP contribution in [-0.2, 0) is 10.1 Å². The number of hydrazine groups is 1. The maximum Gasteiger partial charge on any atom is 0.295 e. The van der Waals surface area contributed by atoms with E-state index < -0.39 is 10.1 Å². The van der Waals surface area contributed by atoms with E-state index in [0.29, 0.717) is 32.9 Å². The fraction of sp³-hybridized carbons (Fsp3) is 0.0588. The fourth-order valence-electron chi connectivity index (χ4n) is 2.72. The number of nitrogens with one attached hydrogen (secondary N) is 1. The summed E-state index contributed by atoms with van der Waals surface area (Å²) in [4.78, 5) is -0.260. The second-order valence-electron chi connectivity index (χ2n) is 5.74. The number of hydrogen-bond acceptors (Lipinski definition) is 5. The number of nitrogen functional groups attached to an aromatic ring is 1. The molecule has 10 heteroatoms. The van der Waals surface area contributed by atoms with Crippen molar-refractivity contribution >= 4 is 72.8 Å². The lowest BCUT2D eigenvalue weighted by Gasteiger charge is -2.26. The Morgan fingerprint density at radius 1 is 1.04 bits per heavy atom. The molecular weight excluding hydrogens is 433 g/mol. The molecule has 0 aliphatic rings. The first-order valence-corrected chi connectivity index (χ1v) is 10.1. The summed E-state index contributed by atoms with van der Waals surface area (Å²) in [6, 6.07) is 10.9. The number of anilines is 3. The van der Waals surface area contributed by atoms with Crippen LogP contribution in [0.25, 0.3) is 10.8 Å². The van der Waals surface area contributed by atoms with Gasteiger partial charge in [-0.25, -0.2) is 0 Å². The molecule has 0 saturated carbocycles. The van der Waals surface area contributed by atoms with Crippen LogP contribution in [0.5, 0.6) is 0 Å². The van der Waals surface area contributed by atoms with Gasteiger partial charge >= 0.3 is 0 Å². The molecule has 0 saturated heterocycles. The van der Waals surface area contributed by atoms with Gasteiger partial charge in [-0.1, -0.05) is 59.1 Å². The van der Waals surface area contributed by atoms with E-state index in [-0.39, 0.29) is 14.9 Å². The number of nitrogens with zero attached hydrogens (tertiary/aromatic N) is 1. The second kappa shape index (κ2) is 7.26. The standard InChI is InChI=1S/C17H14Cl3N3O3S/c1-23(22-17-12(19)6-9(18)7-13(17)20)14-8-15(27(24,25)26)10-4-2-3-5-11(10)16(14)21/h2-8,22H,21H2,1H3,(H,24,25,26). The smallest absolute Gasteiger partial charge is 0.295 e. The molecule has 0 bridgehead atoms. The summed E-state index contributed by atoms with van der Waals surface area (Å²) in [6.45, 7) is 0. The molecule has 0 aliphatic heterocycles. The molecule has 27 heavy (non-hydrogen) atoms. The molecule has 6 nitrogen and oxygen atoms in total. The van der Waals surface area contributed by atoms with E-state index in [9.17, 15) is 13.0 Å². The largest absolute Gasteiger partial charge is 0.396 e. The van der Waals surface area contributed by atoms with E-state index in [1.165, 1.54) is 23.2 Å². The molecule has 0 radical (unpaired) electrons. The van der Waals surface area contributed by atoms with Gasteiger partial charge in [0.05, 0.1) is 27.1 Å². The van der Waals surface area contributed by atoms with Gasteiger partial charge in [0.2, 0.25) is 0 Å². The van der Waals surface area contributed by atoms with Crippen molar-refractivity contribution in [1.29, 1.82) is 0 Å². The molecule has 3 aromatic carbocycles. The highest BCUT2D eigenvalue weighted by Gasteiger charge is 2.21. The van der Waals surface area contributed by atoms with Gasteiger partial charge in [-0.05, 0) is 18.2 Å². The summed E-state index contributed by atoms with van der Waals surface area (Å²) in [5.41, 5.74) is 10.2. The van der Waals surface area contributed by atoms with Crippen LogP contribution >= 0.6 is 34.8 Å². The Morgan fingerprint density at radius 2 is 1.59 bits per heavy atom. The van der Waals surface area contributed by atoms with Crippen molar-refractivity contribution in [1.82, 2.24) is 0 Å². The zero-order valence-corrected chi connectivity index (χ0v) is 17.0. The average molecular weight is 447 g/mol. The summed E-state index contributed by atoms with van der Waals surface area (Å²) in [5.74, 6) is 0. The normalized spacial score (nSPS) is 11.6. The van der Waals surface area contributed by atoms with Crippen molar-refractivity contribution < 1.29 is 13.0 Å². The predicted molar refractivity (Wildman–Crippen MR) is 112 cm³/mol. The summed E-state index contributed by atoms with van der Waals surface area (Å²) in [5, 5.41) is 3.17. The molecule has 142 valence electrons. The molecule has 0 aromatic heterocycles. The number of rotatable bonds is 4. The number of nitrogens with two attached hydrogens (primary N) is 1. The van der Waals surface area contributed by atoms with Crippen molar-refractivity contribution in [3.63, 3.8) is 0 Å². The minimum Gasteiger partial charge on any atom is -0.396 e. The second-order valence-corrected chi connectivity index (χ2v) is 8.38. The maximum atomic E-state index is 11.9. The van der Waals surface area contributed by atoms with Crippen LogP contribution in [0.3, 0.4) is 0 Å². The maximum absolute atomic E-state index is 11.9. The summed E-state index contributed by atoms with van der Waals surface area (Å²) >= 11 is 18.3. The van der Waals surface area contributed by atoms with Crippen molar-refractivity contribution in [3.05, 3.63) is 57.5 Å². The molecule has 0 spiro atoms. The third-order valence-electron chi connectivity index (χ3n) is 3.95. The van der Waals surface area contributed by atoms with Crippen LogP contribution in [0.2, 0.25) is 15.1 Å². The van der Waals surface area contributed by atoms with E-state index in [1.54, 1.807) is 31.3 Å². The zero-order valence-electron chi connectivity index (χ0n) is 13.9. The first-order valence-electron chi connectivity index (χ1n) is 7.53. The lowest BCUT2D eigenvalue weighted by molar-refractivity contribution is 0.484. The highest BCUT2D eigenvalue weighted by Crippen LogP contribution is 2.38. The monoisotopic (exact) mass is 445 g/mol. The van der Waals surface area contributed by atoms with E-state index >= 15 is 0 Å². The van der Waals surface area contributed by atoms with E-state index in [0.717, 1.165) is 0 Å². The Hall–Kier alpha value is -1.90. The quantitative estimate of drug-likeness (QED) is 0.293. The van der Waals surface area contributed by atoms with E-state index in [1.807, 2.05) is 0 Å². The van der Waals surface area contributed by atoms with Crippen LogP contribution in [0.15, 0.2) is 47.4 Å². The van der Waals surface area contributed by atoms with E-state index in [2.05, 4.69) is 5.43 Å². The van der Waals surface area contributed by atoms with Gasteiger partial charge in [-0.2, -0.15) is 8.42 Å². The number of benzene rings is 3. The number of hydrogen-bond donors (Lipinski definition) is 3. The van der Waals surface area contributed by atoms with Crippen LogP contribution in [0, 0.1) is 0 Å². The molecule has 3 rings (SSSR count). The van der Waals surface area contributed by atoms with Crippen molar-refractivity contribution in [3.8, 4) is 0 Å². The number of fused-ring (bicyclic) bond motifs is 1. The van der Waals surface area contributed by atoms with E-state index in [4.69, 9.17) is 40.5 Å². The third kappa shape index (κ3) is 3.88. The summed E-state index contributed by atoms with van der Waals surface area (Å²) < 4.78 is 33.3. The van der Waals surface area contributed by atoms with Gasteiger partial charge in [-0.15, -0.1) is 0 Å². The SMILES string of the molecule is CN(Nc1c(Cl)cc(Cl)cc1Cl)c1cc(S(=O)(=O)O)c2ccccc2c1N. The van der Waals surface area contributed by atoms with Crippen LogP contribution in [0.4, 0.5) is 17.1 Å². The molecule has 0 fully saturated rings. The average Bonchev–Trinajstić information content (AvgIpc) is 2.57. The Bertz CT molecular complexity index is 1130. The van der Waals surface area contributed by atoms with Crippen LogP contribution in [0.1, 0.15) is 0 Å². The van der Waals surface area contributed by atoms with Crippen molar-refractivity contribution in [2.75, 3.05) is 23.2 Å². The van der Waals surface area contributed by atoms with Gasteiger partial charge in [0, 0.05) is 22.8 Å². The predicted octanol–water partition coefficient (Wildman–Crippen LogP) is 5.09. The highest BCUT2D eigenvalue weighted by molar-refractivity contribution is 7.86. The van der Waals surface area contributed by atoms with Crippen LogP contribution < -0.4 is 16.2 Å². The fourth-order valence-corrected chi connectivity index (χ4v) is 4.34. The molecule has 4 N–H and O–H groups in total. The lowest BCUT2D eigenvalue weighted by Crippen LogP contribution is -2.26. The molecule has 0 heterocycles. The van der Waals surface area contributed by atoms with Gasteiger partial charge in [0.1, 0.15) is 4.90 Å². The summed E-state index contributed by atoms with van der Waals surface area (Å²) in [6.07, 6.45) is 0.